The quantitative estimate of drug-likeness (QED) is 0.201. The number of aliphatic hydroxyl groups excluding tert-OH is 1. The molecule has 0 unspecified atom stereocenters. The van der Waals surface area contributed by atoms with Crippen LogP contribution < -0.4 is 10.1 Å². The zero-order valence-corrected chi connectivity index (χ0v) is 25.5. The van der Waals surface area contributed by atoms with Gasteiger partial charge in [0.2, 0.25) is 0 Å². The van der Waals surface area contributed by atoms with Crippen LogP contribution in [0.15, 0.2) is 97.6 Å². The van der Waals surface area contributed by atoms with Crippen LogP contribution in [0, 0.1) is 0 Å². The number of anilines is 1. The van der Waals surface area contributed by atoms with Crippen molar-refractivity contribution in [2.45, 2.75) is 62.6 Å². The van der Waals surface area contributed by atoms with E-state index in [1.807, 2.05) is 66.9 Å². The summed E-state index contributed by atoms with van der Waals surface area (Å²) in [5.41, 5.74) is 3.42. The number of benzene rings is 3. The van der Waals surface area contributed by atoms with Crippen molar-refractivity contribution in [3.63, 3.8) is 0 Å². The zero-order valence-electron chi connectivity index (χ0n) is 25.5. The van der Waals surface area contributed by atoms with Crippen LogP contribution >= 0.6 is 0 Å². The highest BCUT2D eigenvalue weighted by atomic mass is 16.8. The zero-order chi connectivity index (χ0) is 31.0. The number of nitrogens with one attached hydrogen (secondary N) is 1. The normalized spacial score (nSPS) is 22.4. The van der Waals surface area contributed by atoms with E-state index in [1.165, 1.54) is 0 Å². The lowest BCUT2D eigenvalue weighted by atomic mass is 9.77. The van der Waals surface area contributed by atoms with Gasteiger partial charge in [0, 0.05) is 6.61 Å². The molecule has 45 heavy (non-hydrogen) atoms. The second-order valence-electron chi connectivity index (χ2n) is 11.9. The third-order valence-corrected chi connectivity index (χ3v) is 8.65. The number of aliphatic hydroxyl groups is 1. The second kappa shape index (κ2) is 11.9. The minimum absolute atomic E-state index is 0.0845. The molecule has 2 saturated heterocycles. The molecule has 2 aliphatic heterocycles. The smallest absolute Gasteiger partial charge is 0.167 e. The Morgan fingerprint density at radius 1 is 0.867 bits per heavy atom. The first kappa shape index (κ1) is 29.4. The molecule has 5 aromatic rings. The summed E-state index contributed by atoms with van der Waals surface area (Å²) in [4.78, 5) is 14.2. The molecule has 3 aromatic carbocycles. The van der Waals surface area contributed by atoms with Crippen LogP contribution in [0.1, 0.15) is 49.6 Å². The Morgan fingerprint density at radius 3 is 2.16 bits per heavy atom. The number of rotatable bonds is 10. The van der Waals surface area contributed by atoms with E-state index in [9.17, 15) is 5.11 Å². The highest BCUT2D eigenvalue weighted by Gasteiger charge is 2.55. The Labute approximate surface area is 262 Å². The van der Waals surface area contributed by atoms with E-state index in [1.54, 1.807) is 19.8 Å². The average molecular weight is 608 g/mol. The third kappa shape index (κ3) is 5.23. The molecular formula is C35H37N5O5. The molecule has 7 rings (SSSR count). The Hall–Kier alpha value is -4.35. The molecule has 0 aliphatic carbocycles. The number of ether oxygens (including phenoxy) is 4. The standard InChI is InChI=1S/C35H37N5O5/c1-34(2)44-29-27(15-10-20-41)43-33(30(29)45-34)40-22-38-28-31(36-21-37-32(28)40)39-35(23-11-6-4-7-12-23,24-13-8-5-9-14-24)25-16-18-26(42-3)19-17-25/h4-9,11-14,16-19,21-22,27,29-30,33,41H,10,15,20H2,1-3H3,(H,36,37,39)/t27-,29-,30-,33-/m1/s1. The molecule has 0 saturated carbocycles. The molecular weight excluding hydrogens is 570 g/mol. The van der Waals surface area contributed by atoms with Gasteiger partial charge in [-0.25, -0.2) is 15.0 Å². The lowest BCUT2D eigenvalue weighted by molar-refractivity contribution is -0.197. The van der Waals surface area contributed by atoms with Crippen LogP contribution in [0.4, 0.5) is 5.82 Å². The summed E-state index contributed by atoms with van der Waals surface area (Å²) < 4.78 is 26.5. The van der Waals surface area contributed by atoms with Gasteiger partial charge in [0.05, 0.1) is 19.5 Å². The highest BCUT2D eigenvalue weighted by Crippen LogP contribution is 2.46. The number of hydrogen-bond donors (Lipinski definition) is 2. The van der Waals surface area contributed by atoms with Crippen molar-refractivity contribution in [2.75, 3.05) is 19.0 Å². The summed E-state index contributed by atoms with van der Waals surface area (Å²) in [6.45, 7) is 3.91. The van der Waals surface area contributed by atoms with Gasteiger partial charge in [0.15, 0.2) is 29.0 Å². The Kier molecular flexibility index (Phi) is 7.74. The summed E-state index contributed by atoms with van der Waals surface area (Å²) >= 11 is 0. The molecule has 4 heterocycles. The largest absolute Gasteiger partial charge is 0.497 e. The molecule has 0 radical (unpaired) electrons. The summed E-state index contributed by atoms with van der Waals surface area (Å²) in [7, 11) is 1.66. The lowest BCUT2D eigenvalue weighted by Gasteiger charge is -2.37. The van der Waals surface area contributed by atoms with E-state index < -0.39 is 17.6 Å². The van der Waals surface area contributed by atoms with E-state index in [0.717, 1.165) is 22.4 Å². The maximum absolute atomic E-state index is 9.48. The number of hydrogen-bond acceptors (Lipinski definition) is 9. The fourth-order valence-electron chi connectivity index (χ4n) is 6.65. The Bertz CT molecular complexity index is 1710. The summed E-state index contributed by atoms with van der Waals surface area (Å²) in [5, 5.41) is 13.3. The van der Waals surface area contributed by atoms with Crippen molar-refractivity contribution in [1.82, 2.24) is 19.5 Å². The Morgan fingerprint density at radius 2 is 1.51 bits per heavy atom. The third-order valence-electron chi connectivity index (χ3n) is 8.65. The van der Waals surface area contributed by atoms with Gasteiger partial charge in [-0.05, 0) is 55.5 Å². The summed E-state index contributed by atoms with van der Waals surface area (Å²) in [5.74, 6) is 0.582. The van der Waals surface area contributed by atoms with Crippen LogP contribution in [0.5, 0.6) is 5.75 Å². The number of aromatic nitrogens is 4. The number of methoxy groups -OCH3 is 1. The predicted octanol–water partition coefficient (Wildman–Crippen LogP) is 5.43. The molecule has 2 aliphatic rings. The van der Waals surface area contributed by atoms with Crippen LogP contribution in [0.2, 0.25) is 0 Å². The topological polar surface area (TPSA) is 113 Å². The van der Waals surface area contributed by atoms with Gasteiger partial charge < -0.3 is 29.4 Å². The Balaban J connectivity index is 1.34. The number of imidazole rings is 1. The van der Waals surface area contributed by atoms with Crippen molar-refractivity contribution in [2.24, 2.45) is 0 Å². The molecule has 232 valence electrons. The fourth-order valence-corrected chi connectivity index (χ4v) is 6.65. The maximum Gasteiger partial charge on any atom is 0.167 e. The molecule has 4 atom stereocenters. The molecule has 10 nitrogen and oxygen atoms in total. The average Bonchev–Trinajstić information content (AvgIpc) is 3.74. The monoisotopic (exact) mass is 607 g/mol. The molecule has 2 aromatic heterocycles. The number of fused-ring (bicyclic) bond motifs is 2. The van der Waals surface area contributed by atoms with Gasteiger partial charge in [-0.2, -0.15) is 0 Å². The molecule has 2 fully saturated rings. The maximum atomic E-state index is 9.48. The predicted molar refractivity (Wildman–Crippen MR) is 169 cm³/mol. The SMILES string of the molecule is COc1ccc(C(Nc2ncnc3c2ncn3[C@@H]2O[C@H](CCCO)[C@H]3OC(C)(C)O[C@H]32)(c2ccccc2)c2ccccc2)cc1. The van der Waals surface area contributed by atoms with Crippen LogP contribution in [-0.4, -0.2) is 62.4 Å². The number of nitrogens with zero attached hydrogens (tertiary/aromatic N) is 4. The van der Waals surface area contributed by atoms with E-state index >= 15 is 0 Å². The van der Waals surface area contributed by atoms with Crippen molar-refractivity contribution in [3.05, 3.63) is 114 Å². The van der Waals surface area contributed by atoms with Crippen molar-refractivity contribution >= 4 is 17.0 Å². The fraction of sp³-hybridized carbons (Fsp3) is 0.343. The van der Waals surface area contributed by atoms with Gasteiger partial charge >= 0.3 is 0 Å². The molecule has 0 bridgehead atoms. The second-order valence-corrected chi connectivity index (χ2v) is 11.9. The van der Waals surface area contributed by atoms with E-state index in [2.05, 4.69) is 46.7 Å². The first-order valence-corrected chi connectivity index (χ1v) is 15.3. The van der Waals surface area contributed by atoms with Crippen molar-refractivity contribution in [3.8, 4) is 5.75 Å². The van der Waals surface area contributed by atoms with Gasteiger partial charge in [-0.1, -0.05) is 72.8 Å². The van der Waals surface area contributed by atoms with Gasteiger partial charge in [0.1, 0.15) is 29.8 Å². The van der Waals surface area contributed by atoms with E-state index in [4.69, 9.17) is 28.9 Å². The molecule has 10 heteroatoms. The highest BCUT2D eigenvalue weighted by molar-refractivity contribution is 5.84. The van der Waals surface area contributed by atoms with Gasteiger partial charge in [-0.15, -0.1) is 0 Å². The summed E-state index contributed by atoms with van der Waals surface area (Å²) in [6.07, 6.45) is 3.16. The minimum atomic E-state index is -0.837. The van der Waals surface area contributed by atoms with Gasteiger partial charge in [0.25, 0.3) is 0 Å². The summed E-state index contributed by atoms with van der Waals surface area (Å²) in [6, 6.07) is 28.7. The lowest BCUT2D eigenvalue weighted by Crippen LogP contribution is -2.38. The first-order chi connectivity index (χ1) is 21.9. The van der Waals surface area contributed by atoms with Crippen LogP contribution in [0.3, 0.4) is 0 Å². The van der Waals surface area contributed by atoms with Crippen LogP contribution in [-0.2, 0) is 19.7 Å². The van der Waals surface area contributed by atoms with Crippen LogP contribution in [0.25, 0.3) is 11.2 Å². The minimum Gasteiger partial charge on any atom is -0.497 e. The van der Waals surface area contributed by atoms with Gasteiger partial charge in [-0.3, -0.25) is 4.57 Å². The van der Waals surface area contributed by atoms with E-state index in [0.29, 0.717) is 29.8 Å². The molecule has 0 amide bonds. The molecule has 0 spiro atoms. The van der Waals surface area contributed by atoms with Crippen molar-refractivity contribution in [1.29, 1.82) is 0 Å². The first-order valence-electron chi connectivity index (χ1n) is 15.3. The van der Waals surface area contributed by atoms with E-state index in [-0.39, 0.29) is 24.9 Å². The van der Waals surface area contributed by atoms with Crippen molar-refractivity contribution < 1.29 is 24.1 Å². The molecule has 2 N–H and O–H groups in total.